The number of nitrogens with one attached hydrogen (secondary N) is 1. The number of carbonyl (C=O) groups is 2. The van der Waals surface area contributed by atoms with Crippen LogP contribution in [0.4, 0.5) is 0 Å². The molecule has 0 aliphatic carbocycles. The fraction of sp³-hybridized carbons (Fsp3) is 0.105. The van der Waals surface area contributed by atoms with Crippen LogP contribution < -0.4 is 10.2 Å². The highest BCUT2D eigenvalue weighted by Gasteiger charge is 2.17. The van der Waals surface area contributed by atoms with Crippen molar-refractivity contribution in [2.45, 2.75) is 5.03 Å². The largest absolute Gasteiger partial charge is 0.422 e. The maximum absolute atomic E-state index is 12.3. The molecular formula is C19H16BrN5O3S. The Morgan fingerprint density at radius 2 is 2.17 bits per heavy atom. The maximum atomic E-state index is 12.3. The summed E-state index contributed by atoms with van der Waals surface area (Å²) in [6, 6.07) is 12.3. The van der Waals surface area contributed by atoms with Gasteiger partial charge in [-0.2, -0.15) is 10.2 Å². The summed E-state index contributed by atoms with van der Waals surface area (Å²) in [5.74, 6) is -0.235. The summed E-state index contributed by atoms with van der Waals surface area (Å²) in [5.41, 5.74) is 3.43. The quantitative estimate of drug-likeness (QED) is 0.186. The van der Waals surface area contributed by atoms with Crippen LogP contribution in [0.1, 0.15) is 16.1 Å². The van der Waals surface area contributed by atoms with Crippen LogP contribution in [0.3, 0.4) is 0 Å². The predicted octanol–water partition coefficient (Wildman–Crippen LogP) is 3.04. The molecule has 0 aliphatic rings. The fourth-order valence-electron chi connectivity index (χ4n) is 2.24. The smallest absolute Gasteiger partial charge is 0.363 e. The van der Waals surface area contributed by atoms with Crippen molar-refractivity contribution in [2.75, 3.05) is 5.75 Å². The third-order valence-corrected chi connectivity index (χ3v) is 5.07. The summed E-state index contributed by atoms with van der Waals surface area (Å²) in [6.07, 6.45) is 4.67. The Kier molecular flexibility index (Phi) is 7.14. The molecule has 0 unspecified atom stereocenters. The number of thioether (sulfide) groups is 1. The van der Waals surface area contributed by atoms with Crippen molar-refractivity contribution in [1.82, 2.24) is 20.2 Å². The minimum Gasteiger partial charge on any atom is -0.422 e. The summed E-state index contributed by atoms with van der Waals surface area (Å²) >= 11 is 4.59. The number of rotatable bonds is 7. The van der Waals surface area contributed by atoms with Gasteiger partial charge in [0.15, 0.2) is 5.69 Å². The van der Waals surface area contributed by atoms with Crippen LogP contribution in [-0.2, 0) is 11.8 Å². The van der Waals surface area contributed by atoms with E-state index in [1.165, 1.54) is 28.9 Å². The van der Waals surface area contributed by atoms with Crippen molar-refractivity contribution in [3.8, 4) is 5.75 Å². The number of ether oxygens (including phenoxy) is 1. The molecule has 0 bridgehead atoms. The summed E-state index contributed by atoms with van der Waals surface area (Å²) in [6.45, 7) is 0. The van der Waals surface area contributed by atoms with Gasteiger partial charge in [-0.05, 0) is 45.8 Å². The number of hydrogen-bond acceptors (Lipinski definition) is 7. The molecule has 1 N–H and O–H groups in total. The average molecular weight is 474 g/mol. The second-order valence-corrected chi connectivity index (χ2v) is 7.53. The van der Waals surface area contributed by atoms with E-state index in [4.69, 9.17) is 4.74 Å². The molecule has 3 aromatic rings. The monoisotopic (exact) mass is 473 g/mol. The van der Waals surface area contributed by atoms with Gasteiger partial charge in [-0.15, -0.1) is 0 Å². The van der Waals surface area contributed by atoms with Gasteiger partial charge in [-0.25, -0.2) is 15.2 Å². The van der Waals surface area contributed by atoms with E-state index in [2.05, 4.69) is 36.5 Å². The summed E-state index contributed by atoms with van der Waals surface area (Å²) in [5, 5.41) is 8.69. The number of halogens is 1. The third-order valence-electron chi connectivity index (χ3n) is 3.55. The molecular weight excluding hydrogens is 458 g/mol. The Bertz CT molecular complexity index is 1020. The van der Waals surface area contributed by atoms with E-state index in [-0.39, 0.29) is 11.7 Å². The van der Waals surface area contributed by atoms with Gasteiger partial charge in [0.05, 0.1) is 27.7 Å². The van der Waals surface area contributed by atoms with Crippen LogP contribution in [0.2, 0.25) is 0 Å². The van der Waals surface area contributed by atoms with Gasteiger partial charge >= 0.3 is 5.97 Å². The minimum atomic E-state index is -0.536. The standard InChI is InChI=1S/C19H16BrN5O3S/c1-25-18(15(20)11-23-25)19(27)28-14-6-4-5-13(9-14)10-22-24-16(26)12-29-17-7-2-3-8-21-17/h2-11H,12H2,1H3,(H,24,26)/b22-10-. The average Bonchev–Trinajstić information content (AvgIpc) is 3.06. The van der Waals surface area contributed by atoms with E-state index in [9.17, 15) is 9.59 Å². The Hall–Kier alpha value is -2.98. The number of benzene rings is 1. The van der Waals surface area contributed by atoms with E-state index in [0.717, 1.165) is 5.03 Å². The lowest BCUT2D eigenvalue weighted by atomic mass is 10.2. The van der Waals surface area contributed by atoms with Gasteiger partial charge in [0.25, 0.3) is 0 Å². The summed E-state index contributed by atoms with van der Waals surface area (Å²) in [7, 11) is 1.65. The molecule has 0 saturated heterocycles. The van der Waals surface area contributed by atoms with Gasteiger partial charge in [0.2, 0.25) is 5.91 Å². The summed E-state index contributed by atoms with van der Waals surface area (Å²) in [4.78, 5) is 28.3. The third kappa shape index (κ3) is 6.00. The van der Waals surface area contributed by atoms with E-state index in [1.807, 2.05) is 18.2 Å². The van der Waals surface area contributed by atoms with Crippen molar-refractivity contribution >= 4 is 45.8 Å². The molecule has 148 valence electrons. The van der Waals surface area contributed by atoms with E-state index < -0.39 is 5.97 Å². The molecule has 0 aliphatic heterocycles. The maximum Gasteiger partial charge on any atom is 0.363 e. The first-order valence-electron chi connectivity index (χ1n) is 8.38. The van der Waals surface area contributed by atoms with Crippen LogP contribution in [0, 0.1) is 0 Å². The molecule has 1 aromatic carbocycles. The fourth-order valence-corrected chi connectivity index (χ4v) is 3.40. The number of carbonyl (C=O) groups excluding carboxylic acids is 2. The topological polar surface area (TPSA) is 98.5 Å². The molecule has 0 spiro atoms. The molecule has 10 heteroatoms. The van der Waals surface area contributed by atoms with E-state index in [1.54, 1.807) is 37.5 Å². The van der Waals surface area contributed by atoms with Gasteiger partial charge in [-0.3, -0.25) is 9.48 Å². The lowest BCUT2D eigenvalue weighted by molar-refractivity contribution is -0.118. The first kappa shape index (κ1) is 20.7. The molecule has 1 amide bonds. The first-order chi connectivity index (χ1) is 14.0. The molecule has 2 aromatic heterocycles. The number of esters is 1. The molecule has 0 radical (unpaired) electrons. The van der Waals surface area contributed by atoms with Crippen molar-refractivity contribution < 1.29 is 14.3 Å². The van der Waals surface area contributed by atoms with Crippen molar-refractivity contribution in [3.05, 3.63) is 70.6 Å². The number of nitrogens with zero attached hydrogens (tertiary/aromatic N) is 4. The number of aromatic nitrogens is 3. The highest BCUT2D eigenvalue weighted by Crippen LogP contribution is 2.19. The van der Waals surface area contributed by atoms with Crippen molar-refractivity contribution in [2.24, 2.45) is 12.1 Å². The Morgan fingerprint density at radius 3 is 2.90 bits per heavy atom. The number of hydrazone groups is 1. The molecule has 0 saturated carbocycles. The number of aryl methyl sites for hydroxylation is 1. The predicted molar refractivity (Wildman–Crippen MR) is 113 cm³/mol. The van der Waals surface area contributed by atoms with Crippen molar-refractivity contribution in [1.29, 1.82) is 0 Å². The SMILES string of the molecule is Cn1ncc(Br)c1C(=O)Oc1cccc(/C=N\NC(=O)CSc2ccccn2)c1. The van der Waals surface area contributed by atoms with Crippen LogP contribution >= 0.6 is 27.7 Å². The minimum absolute atomic E-state index is 0.200. The highest BCUT2D eigenvalue weighted by molar-refractivity contribution is 9.10. The normalized spacial score (nSPS) is 10.8. The lowest BCUT2D eigenvalue weighted by Gasteiger charge is -2.06. The number of pyridine rings is 1. The molecule has 3 rings (SSSR count). The summed E-state index contributed by atoms with van der Waals surface area (Å²) < 4.78 is 7.36. The first-order valence-corrected chi connectivity index (χ1v) is 10.2. The molecule has 29 heavy (non-hydrogen) atoms. The van der Waals surface area contributed by atoms with Crippen LogP contribution in [-0.4, -0.2) is 38.6 Å². The molecule has 2 heterocycles. The zero-order chi connectivity index (χ0) is 20.6. The van der Waals surface area contributed by atoms with Crippen LogP contribution in [0.5, 0.6) is 5.75 Å². The van der Waals surface area contributed by atoms with E-state index in [0.29, 0.717) is 21.5 Å². The zero-order valence-electron chi connectivity index (χ0n) is 15.3. The Balaban J connectivity index is 1.54. The molecule has 8 nitrogen and oxygen atoms in total. The van der Waals surface area contributed by atoms with Crippen molar-refractivity contribution in [3.63, 3.8) is 0 Å². The lowest BCUT2D eigenvalue weighted by Crippen LogP contribution is -2.19. The van der Waals surface area contributed by atoms with Crippen LogP contribution in [0.15, 0.2) is 69.5 Å². The Morgan fingerprint density at radius 1 is 1.31 bits per heavy atom. The van der Waals surface area contributed by atoms with Gasteiger partial charge in [-0.1, -0.05) is 30.0 Å². The zero-order valence-corrected chi connectivity index (χ0v) is 17.7. The second kappa shape index (κ2) is 9.99. The molecule has 0 fully saturated rings. The Labute approximate surface area is 179 Å². The van der Waals surface area contributed by atoms with Crippen LogP contribution in [0.25, 0.3) is 0 Å². The van der Waals surface area contributed by atoms with E-state index >= 15 is 0 Å². The second-order valence-electron chi connectivity index (χ2n) is 5.68. The number of amides is 1. The highest BCUT2D eigenvalue weighted by atomic mass is 79.9. The van der Waals surface area contributed by atoms with Gasteiger partial charge in [0.1, 0.15) is 5.75 Å². The van der Waals surface area contributed by atoms with Gasteiger partial charge < -0.3 is 4.74 Å². The number of hydrogen-bond donors (Lipinski definition) is 1. The van der Waals surface area contributed by atoms with Gasteiger partial charge in [0, 0.05) is 13.2 Å². The molecule has 0 atom stereocenters.